The summed E-state index contributed by atoms with van der Waals surface area (Å²) in [6, 6.07) is 7.17. The molecule has 1 saturated carbocycles. The molecule has 0 aliphatic heterocycles. The van der Waals surface area contributed by atoms with E-state index in [-0.39, 0.29) is 24.1 Å². The largest absolute Gasteiger partial charge is 0.388 e. The fraction of sp³-hybridized carbons (Fsp3) is 0.353. The molecule has 6 heteroatoms. The van der Waals surface area contributed by atoms with E-state index in [0.717, 1.165) is 18.4 Å². The lowest BCUT2D eigenvalue weighted by Gasteiger charge is -2.23. The van der Waals surface area contributed by atoms with Gasteiger partial charge in [0.05, 0.1) is 23.7 Å². The number of carbonyl (C=O) groups is 1. The van der Waals surface area contributed by atoms with Crippen molar-refractivity contribution in [1.29, 1.82) is 0 Å². The Morgan fingerprint density at radius 1 is 1.35 bits per heavy atom. The van der Waals surface area contributed by atoms with Crippen LogP contribution in [0, 0.1) is 5.92 Å². The Labute approximate surface area is 139 Å². The summed E-state index contributed by atoms with van der Waals surface area (Å²) >= 11 is 5.87. The second-order valence-corrected chi connectivity index (χ2v) is 6.55. The number of aliphatic hydroxyl groups is 1. The summed E-state index contributed by atoms with van der Waals surface area (Å²) in [4.78, 5) is 20.6. The molecule has 2 aromatic rings. The number of halogens is 1. The number of nitrogens with one attached hydrogen (secondary N) is 1. The number of aromatic nitrogens is 2. The molecule has 120 valence electrons. The van der Waals surface area contributed by atoms with Crippen molar-refractivity contribution in [3.8, 4) is 11.3 Å². The molecule has 23 heavy (non-hydrogen) atoms. The van der Waals surface area contributed by atoms with Crippen LogP contribution in [0.2, 0.25) is 5.02 Å². The molecule has 0 radical (unpaired) electrons. The van der Waals surface area contributed by atoms with Crippen LogP contribution in [0.5, 0.6) is 0 Å². The zero-order chi connectivity index (χ0) is 16.4. The van der Waals surface area contributed by atoms with Crippen molar-refractivity contribution >= 4 is 17.5 Å². The molecule has 1 atom stereocenters. The molecule has 0 bridgehead atoms. The summed E-state index contributed by atoms with van der Waals surface area (Å²) in [6.07, 6.45) is 5.03. The van der Waals surface area contributed by atoms with Gasteiger partial charge in [-0.3, -0.25) is 9.78 Å². The first-order valence-corrected chi connectivity index (χ1v) is 7.92. The van der Waals surface area contributed by atoms with Gasteiger partial charge in [-0.25, -0.2) is 4.98 Å². The fourth-order valence-electron chi connectivity index (χ4n) is 2.43. The zero-order valence-electron chi connectivity index (χ0n) is 12.8. The fourth-order valence-corrected chi connectivity index (χ4v) is 2.56. The van der Waals surface area contributed by atoms with E-state index in [1.165, 1.54) is 6.20 Å². The molecule has 1 aromatic carbocycles. The molecule has 1 heterocycles. The van der Waals surface area contributed by atoms with Crippen LogP contribution in [0.15, 0.2) is 36.7 Å². The standard InChI is InChI=1S/C17H18ClN3O2/c1-17(23,12-4-5-12)10-20-16(22)15-9-19-8-14(21-15)11-2-6-13(18)7-3-11/h2-3,6-9,12,23H,4-5,10H2,1H3,(H,20,22)/t17-/m0/s1. The van der Waals surface area contributed by atoms with E-state index in [0.29, 0.717) is 10.7 Å². The first-order chi connectivity index (χ1) is 11.0. The van der Waals surface area contributed by atoms with Crippen LogP contribution in [-0.2, 0) is 0 Å². The Morgan fingerprint density at radius 3 is 2.70 bits per heavy atom. The molecule has 5 nitrogen and oxygen atoms in total. The van der Waals surface area contributed by atoms with Crippen molar-refractivity contribution in [2.24, 2.45) is 5.92 Å². The van der Waals surface area contributed by atoms with Gasteiger partial charge < -0.3 is 10.4 Å². The van der Waals surface area contributed by atoms with E-state index in [4.69, 9.17) is 11.6 Å². The highest BCUT2D eigenvalue weighted by Gasteiger charge is 2.40. The normalized spacial score (nSPS) is 16.7. The molecular weight excluding hydrogens is 314 g/mol. The van der Waals surface area contributed by atoms with Crippen molar-refractivity contribution in [2.45, 2.75) is 25.4 Å². The van der Waals surface area contributed by atoms with E-state index in [2.05, 4.69) is 15.3 Å². The summed E-state index contributed by atoms with van der Waals surface area (Å²) < 4.78 is 0. The highest BCUT2D eigenvalue weighted by molar-refractivity contribution is 6.30. The molecule has 3 rings (SSSR count). The molecule has 1 aliphatic rings. The lowest BCUT2D eigenvalue weighted by molar-refractivity contribution is 0.0353. The first kappa shape index (κ1) is 15.9. The van der Waals surface area contributed by atoms with Crippen LogP contribution in [0.4, 0.5) is 0 Å². The first-order valence-electron chi connectivity index (χ1n) is 7.54. The summed E-state index contributed by atoms with van der Waals surface area (Å²) in [5.74, 6) is -0.0662. The highest BCUT2D eigenvalue weighted by Crippen LogP contribution is 2.39. The quantitative estimate of drug-likeness (QED) is 0.883. The minimum atomic E-state index is -0.864. The third-order valence-corrected chi connectivity index (χ3v) is 4.32. The number of carbonyl (C=O) groups excluding carboxylic acids is 1. The molecule has 1 amide bonds. The number of hydrogen-bond acceptors (Lipinski definition) is 4. The second kappa shape index (κ2) is 6.26. The van der Waals surface area contributed by atoms with Crippen LogP contribution >= 0.6 is 11.6 Å². The maximum Gasteiger partial charge on any atom is 0.271 e. The topological polar surface area (TPSA) is 75.1 Å². The third-order valence-electron chi connectivity index (χ3n) is 4.07. The van der Waals surface area contributed by atoms with Gasteiger partial charge in [0.25, 0.3) is 5.91 Å². The number of amides is 1. The maximum absolute atomic E-state index is 12.2. The van der Waals surface area contributed by atoms with Gasteiger partial charge in [0, 0.05) is 17.1 Å². The second-order valence-electron chi connectivity index (χ2n) is 6.11. The summed E-state index contributed by atoms with van der Waals surface area (Å²) in [5.41, 5.74) is 0.797. The Hall–Kier alpha value is -1.98. The third kappa shape index (κ3) is 3.86. The van der Waals surface area contributed by atoms with E-state index < -0.39 is 5.60 Å². The van der Waals surface area contributed by atoms with Crippen molar-refractivity contribution in [2.75, 3.05) is 6.54 Å². The van der Waals surface area contributed by atoms with Crippen LogP contribution in [0.25, 0.3) is 11.3 Å². The van der Waals surface area contributed by atoms with Crippen LogP contribution in [0.1, 0.15) is 30.3 Å². The van der Waals surface area contributed by atoms with Crippen LogP contribution < -0.4 is 5.32 Å². The van der Waals surface area contributed by atoms with Gasteiger partial charge in [0.2, 0.25) is 0 Å². The molecular formula is C17H18ClN3O2. The Kier molecular flexibility index (Phi) is 4.33. The zero-order valence-corrected chi connectivity index (χ0v) is 13.5. The molecule has 0 saturated heterocycles. The molecule has 1 fully saturated rings. The number of nitrogens with zero attached hydrogens (tertiary/aromatic N) is 2. The SMILES string of the molecule is C[C@](O)(CNC(=O)c1cncc(-c2ccc(Cl)cc2)n1)C1CC1. The van der Waals surface area contributed by atoms with Gasteiger partial charge in [0.15, 0.2) is 0 Å². The average Bonchev–Trinajstić information content (AvgIpc) is 3.39. The lowest BCUT2D eigenvalue weighted by Crippen LogP contribution is -2.42. The summed E-state index contributed by atoms with van der Waals surface area (Å²) in [7, 11) is 0. The van der Waals surface area contributed by atoms with Gasteiger partial charge in [-0.2, -0.15) is 0 Å². The summed E-state index contributed by atoms with van der Waals surface area (Å²) in [5, 5.41) is 13.6. The summed E-state index contributed by atoms with van der Waals surface area (Å²) in [6.45, 7) is 1.96. The average molecular weight is 332 g/mol. The van der Waals surface area contributed by atoms with Gasteiger partial charge >= 0.3 is 0 Å². The predicted molar refractivity (Wildman–Crippen MR) is 88.2 cm³/mol. The van der Waals surface area contributed by atoms with Crippen LogP contribution in [0.3, 0.4) is 0 Å². The predicted octanol–water partition coefficient (Wildman–Crippen LogP) is 2.69. The number of hydrogen-bond donors (Lipinski definition) is 2. The molecule has 2 N–H and O–H groups in total. The van der Waals surface area contributed by atoms with Gasteiger partial charge in [-0.1, -0.05) is 23.7 Å². The van der Waals surface area contributed by atoms with E-state index >= 15 is 0 Å². The van der Waals surface area contributed by atoms with Gasteiger partial charge in [-0.15, -0.1) is 0 Å². The Morgan fingerprint density at radius 2 is 2.04 bits per heavy atom. The Bertz CT molecular complexity index is 712. The van der Waals surface area contributed by atoms with Gasteiger partial charge in [-0.05, 0) is 37.8 Å². The van der Waals surface area contributed by atoms with E-state index in [1.54, 1.807) is 25.3 Å². The van der Waals surface area contributed by atoms with Gasteiger partial charge in [0.1, 0.15) is 5.69 Å². The van der Waals surface area contributed by atoms with E-state index in [9.17, 15) is 9.90 Å². The monoisotopic (exact) mass is 331 g/mol. The smallest absolute Gasteiger partial charge is 0.271 e. The highest BCUT2D eigenvalue weighted by atomic mass is 35.5. The van der Waals surface area contributed by atoms with E-state index in [1.807, 2.05) is 12.1 Å². The van der Waals surface area contributed by atoms with Crippen molar-refractivity contribution in [3.63, 3.8) is 0 Å². The lowest BCUT2D eigenvalue weighted by atomic mass is 10.0. The molecule has 1 aromatic heterocycles. The van der Waals surface area contributed by atoms with Crippen molar-refractivity contribution in [3.05, 3.63) is 47.4 Å². The van der Waals surface area contributed by atoms with Crippen molar-refractivity contribution in [1.82, 2.24) is 15.3 Å². The Balaban J connectivity index is 1.71. The molecule has 1 aliphatic carbocycles. The number of benzene rings is 1. The van der Waals surface area contributed by atoms with Crippen LogP contribution in [-0.4, -0.2) is 33.1 Å². The minimum Gasteiger partial charge on any atom is -0.388 e. The molecule has 0 spiro atoms. The minimum absolute atomic E-state index is 0.212. The number of rotatable bonds is 5. The maximum atomic E-state index is 12.2. The molecule has 0 unspecified atom stereocenters. The van der Waals surface area contributed by atoms with Crippen molar-refractivity contribution < 1.29 is 9.90 Å².